The van der Waals surface area contributed by atoms with E-state index in [2.05, 4.69) is 5.32 Å². The van der Waals surface area contributed by atoms with E-state index in [0.717, 1.165) is 10.6 Å². The van der Waals surface area contributed by atoms with Gasteiger partial charge in [-0.05, 0) is 37.1 Å². The van der Waals surface area contributed by atoms with Crippen molar-refractivity contribution in [3.63, 3.8) is 0 Å². The Hall–Kier alpha value is -2.29. The molecule has 0 aliphatic rings. The summed E-state index contributed by atoms with van der Waals surface area (Å²) in [5.74, 6) is -0.868. The summed E-state index contributed by atoms with van der Waals surface area (Å²) in [5.41, 5.74) is 0.836. The quantitative estimate of drug-likeness (QED) is 0.539. The summed E-state index contributed by atoms with van der Waals surface area (Å²) in [4.78, 5) is 27.5. The predicted molar refractivity (Wildman–Crippen MR) is 128 cm³/mol. The summed E-state index contributed by atoms with van der Waals surface area (Å²) < 4.78 is 26.0. The molecule has 0 unspecified atom stereocenters. The Labute approximate surface area is 199 Å². The fourth-order valence-electron chi connectivity index (χ4n) is 3.27. The third-order valence-corrected chi connectivity index (χ3v) is 6.65. The number of carbonyl (C=O) groups is 2. The number of nitrogens with one attached hydrogen (secondary N) is 1. The lowest BCUT2D eigenvalue weighted by Crippen LogP contribution is -2.52. The minimum absolute atomic E-state index is 0.0499. The number of rotatable bonds is 10. The molecule has 2 aromatic rings. The molecule has 0 saturated carbocycles. The highest BCUT2D eigenvalue weighted by Crippen LogP contribution is 2.28. The van der Waals surface area contributed by atoms with Gasteiger partial charge in [0.1, 0.15) is 12.6 Å². The fourth-order valence-corrected chi connectivity index (χ4v) is 4.62. The molecule has 7 nitrogen and oxygen atoms in total. The second-order valence-electron chi connectivity index (χ2n) is 7.15. The third-order valence-electron chi connectivity index (χ3n) is 4.84. The van der Waals surface area contributed by atoms with E-state index in [-0.39, 0.29) is 23.2 Å². The van der Waals surface area contributed by atoms with Crippen LogP contribution in [-0.2, 0) is 26.2 Å². The third kappa shape index (κ3) is 6.60. The normalized spacial score (nSPS) is 12.2. The molecule has 174 valence electrons. The highest BCUT2D eigenvalue weighted by atomic mass is 35.5. The second kappa shape index (κ2) is 11.5. The Morgan fingerprint density at radius 3 is 2.12 bits per heavy atom. The molecule has 1 atom stereocenters. The van der Waals surface area contributed by atoms with E-state index in [1.165, 1.54) is 11.0 Å². The van der Waals surface area contributed by atoms with Crippen molar-refractivity contribution in [1.29, 1.82) is 0 Å². The number of hydrogen-bond donors (Lipinski definition) is 1. The number of amides is 2. The zero-order chi connectivity index (χ0) is 23.9. The maximum atomic E-state index is 13.5. The van der Waals surface area contributed by atoms with Gasteiger partial charge in [0.2, 0.25) is 21.8 Å². The maximum Gasteiger partial charge on any atom is 0.244 e. The van der Waals surface area contributed by atoms with Gasteiger partial charge in [-0.3, -0.25) is 13.9 Å². The van der Waals surface area contributed by atoms with Gasteiger partial charge in [-0.1, -0.05) is 60.5 Å². The first kappa shape index (κ1) is 26.0. The Balaban J connectivity index is 2.46. The number of halogens is 2. The predicted octanol–water partition coefficient (Wildman–Crippen LogP) is 3.70. The molecule has 0 aromatic heterocycles. The largest absolute Gasteiger partial charge is 0.355 e. The van der Waals surface area contributed by atoms with Crippen LogP contribution in [0.25, 0.3) is 0 Å². The van der Waals surface area contributed by atoms with E-state index in [0.29, 0.717) is 23.6 Å². The maximum absolute atomic E-state index is 13.5. The van der Waals surface area contributed by atoms with Gasteiger partial charge in [0, 0.05) is 18.1 Å². The monoisotopic (exact) mass is 499 g/mol. The standard InChI is InChI=1S/C22H27Cl2N3O4S/c1-4-19(22(29)25-5-2)26(14-16-10-6-7-11-17(16)23)21(28)15-27(32(3,30)31)20-13-9-8-12-18(20)24/h6-13,19H,4-5,14-15H2,1-3H3,(H,25,29)/t19-/m1/s1. The van der Waals surface area contributed by atoms with Crippen LogP contribution in [0.2, 0.25) is 10.0 Å². The Bertz CT molecular complexity index is 1060. The van der Waals surface area contributed by atoms with E-state index >= 15 is 0 Å². The van der Waals surface area contributed by atoms with Crippen LogP contribution in [0.15, 0.2) is 48.5 Å². The average Bonchev–Trinajstić information content (AvgIpc) is 2.73. The number of sulfonamides is 1. The van der Waals surface area contributed by atoms with Crippen LogP contribution in [0.5, 0.6) is 0 Å². The highest BCUT2D eigenvalue weighted by Gasteiger charge is 2.32. The number of hydrogen-bond acceptors (Lipinski definition) is 4. The Morgan fingerprint density at radius 2 is 1.59 bits per heavy atom. The van der Waals surface area contributed by atoms with Gasteiger partial charge in [-0.25, -0.2) is 8.42 Å². The van der Waals surface area contributed by atoms with Gasteiger partial charge in [-0.15, -0.1) is 0 Å². The van der Waals surface area contributed by atoms with Crippen LogP contribution in [0.4, 0.5) is 5.69 Å². The molecule has 0 bridgehead atoms. The number of para-hydroxylation sites is 1. The van der Waals surface area contributed by atoms with Gasteiger partial charge in [0.15, 0.2) is 0 Å². The number of likely N-dealkylation sites (N-methyl/N-ethyl adjacent to an activating group) is 1. The molecule has 1 N–H and O–H groups in total. The first-order valence-corrected chi connectivity index (χ1v) is 12.7. The van der Waals surface area contributed by atoms with E-state index in [1.807, 2.05) is 0 Å². The lowest BCUT2D eigenvalue weighted by atomic mass is 10.1. The molecule has 0 fully saturated rings. The Kier molecular flexibility index (Phi) is 9.36. The summed E-state index contributed by atoms with van der Waals surface area (Å²) in [6.45, 7) is 3.51. The summed E-state index contributed by atoms with van der Waals surface area (Å²) in [5, 5.41) is 3.38. The first-order chi connectivity index (χ1) is 15.1. The summed E-state index contributed by atoms with van der Waals surface area (Å²) in [7, 11) is -3.84. The second-order valence-corrected chi connectivity index (χ2v) is 9.87. The average molecular weight is 500 g/mol. The van der Waals surface area contributed by atoms with Crippen LogP contribution >= 0.6 is 23.2 Å². The molecule has 10 heteroatoms. The van der Waals surface area contributed by atoms with E-state index in [9.17, 15) is 18.0 Å². The van der Waals surface area contributed by atoms with E-state index in [4.69, 9.17) is 23.2 Å². The highest BCUT2D eigenvalue weighted by molar-refractivity contribution is 7.92. The lowest BCUT2D eigenvalue weighted by Gasteiger charge is -2.33. The number of nitrogens with zero attached hydrogens (tertiary/aromatic N) is 2. The van der Waals surface area contributed by atoms with E-state index < -0.39 is 28.5 Å². The number of benzene rings is 2. The van der Waals surface area contributed by atoms with Crippen LogP contribution < -0.4 is 9.62 Å². The summed E-state index contributed by atoms with van der Waals surface area (Å²) >= 11 is 12.5. The van der Waals surface area contributed by atoms with Gasteiger partial charge in [0.25, 0.3) is 0 Å². The molecule has 2 amide bonds. The number of carbonyl (C=O) groups excluding carboxylic acids is 2. The van der Waals surface area contributed by atoms with Crippen molar-refractivity contribution < 1.29 is 18.0 Å². The first-order valence-electron chi connectivity index (χ1n) is 10.1. The zero-order valence-electron chi connectivity index (χ0n) is 18.2. The van der Waals surface area contributed by atoms with Crippen LogP contribution in [0.3, 0.4) is 0 Å². The SMILES string of the molecule is CCNC(=O)[C@@H](CC)N(Cc1ccccc1Cl)C(=O)CN(c1ccccc1Cl)S(C)(=O)=O. The van der Waals surface area contributed by atoms with Crippen LogP contribution in [-0.4, -0.2) is 50.5 Å². The van der Waals surface area contributed by atoms with Crippen molar-refractivity contribution in [3.05, 3.63) is 64.1 Å². The van der Waals surface area contributed by atoms with Gasteiger partial charge in [-0.2, -0.15) is 0 Å². The van der Waals surface area contributed by atoms with Crippen molar-refractivity contribution in [2.75, 3.05) is 23.7 Å². The lowest BCUT2D eigenvalue weighted by molar-refractivity contribution is -0.140. The number of anilines is 1. The van der Waals surface area contributed by atoms with Crippen molar-refractivity contribution in [1.82, 2.24) is 10.2 Å². The molecular weight excluding hydrogens is 473 g/mol. The molecule has 2 rings (SSSR count). The van der Waals surface area contributed by atoms with Gasteiger partial charge >= 0.3 is 0 Å². The molecular formula is C22H27Cl2N3O4S. The molecule has 32 heavy (non-hydrogen) atoms. The zero-order valence-corrected chi connectivity index (χ0v) is 20.5. The van der Waals surface area contributed by atoms with Crippen LogP contribution in [0.1, 0.15) is 25.8 Å². The minimum Gasteiger partial charge on any atom is -0.355 e. The molecule has 0 saturated heterocycles. The fraction of sp³-hybridized carbons (Fsp3) is 0.364. The van der Waals surface area contributed by atoms with Crippen molar-refractivity contribution in [2.45, 2.75) is 32.9 Å². The van der Waals surface area contributed by atoms with Crippen molar-refractivity contribution in [3.8, 4) is 0 Å². The van der Waals surface area contributed by atoms with E-state index in [1.54, 1.807) is 56.3 Å². The van der Waals surface area contributed by atoms with Crippen molar-refractivity contribution >= 4 is 50.7 Å². The molecule has 0 radical (unpaired) electrons. The molecule has 0 spiro atoms. The van der Waals surface area contributed by atoms with Crippen LogP contribution in [0, 0.1) is 0 Å². The van der Waals surface area contributed by atoms with Crippen molar-refractivity contribution in [2.24, 2.45) is 0 Å². The smallest absolute Gasteiger partial charge is 0.244 e. The molecule has 2 aromatic carbocycles. The summed E-state index contributed by atoms with van der Waals surface area (Å²) in [6, 6.07) is 12.6. The minimum atomic E-state index is -3.84. The molecule has 0 aliphatic heterocycles. The molecule has 0 heterocycles. The Morgan fingerprint density at radius 1 is 1.00 bits per heavy atom. The summed E-state index contributed by atoms with van der Waals surface area (Å²) in [6.07, 6.45) is 1.34. The topological polar surface area (TPSA) is 86.8 Å². The van der Waals surface area contributed by atoms with Gasteiger partial charge in [0.05, 0.1) is 17.0 Å². The molecule has 0 aliphatic carbocycles. The van der Waals surface area contributed by atoms with Gasteiger partial charge < -0.3 is 10.2 Å².